The van der Waals surface area contributed by atoms with Gasteiger partial charge in [-0.1, -0.05) is 6.08 Å². The summed E-state index contributed by atoms with van der Waals surface area (Å²) >= 11 is 0. The molecule has 0 spiro atoms. The summed E-state index contributed by atoms with van der Waals surface area (Å²) in [5, 5.41) is 20.7. The fraction of sp³-hybridized carbons (Fsp3) is 0.316. The van der Waals surface area contributed by atoms with Crippen LogP contribution < -0.4 is 5.32 Å². The Labute approximate surface area is 172 Å². The van der Waals surface area contributed by atoms with Crippen molar-refractivity contribution in [3.63, 3.8) is 0 Å². The van der Waals surface area contributed by atoms with E-state index in [1.165, 1.54) is 11.1 Å². The van der Waals surface area contributed by atoms with Crippen LogP contribution in [0.2, 0.25) is 0 Å². The molecule has 1 aliphatic rings. The first-order valence-electron chi connectivity index (χ1n) is 9.03. The van der Waals surface area contributed by atoms with Crippen LogP contribution in [-0.2, 0) is 6.18 Å². The molecule has 1 aliphatic heterocycles. The number of aromatic nitrogens is 2. The molecular formula is C19H17F5N4O3. The number of hydrogen-bond donors (Lipinski definition) is 3. The molecule has 7 nitrogen and oxygen atoms in total. The molecule has 3 heterocycles. The summed E-state index contributed by atoms with van der Waals surface area (Å²) in [5.74, 6) is -2.82. The maximum atomic E-state index is 14.3. The first-order valence-corrected chi connectivity index (χ1v) is 9.03. The van der Waals surface area contributed by atoms with E-state index in [-0.39, 0.29) is 36.6 Å². The zero-order chi connectivity index (χ0) is 22.8. The molecule has 2 amide bonds. The van der Waals surface area contributed by atoms with Gasteiger partial charge in [-0.25, -0.2) is 14.2 Å². The van der Waals surface area contributed by atoms with E-state index in [1.54, 1.807) is 6.08 Å². The van der Waals surface area contributed by atoms with Gasteiger partial charge in [-0.2, -0.15) is 17.6 Å². The van der Waals surface area contributed by atoms with E-state index in [9.17, 15) is 31.9 Å². The van der Waals surface area contributed by atoms with Crippen LogP contribution in [0.5, 0.6) is 0 Å². The van der Waals surface area contributed by atoms with Gasteiger partial charge in [0, 0.05) is 24.8 Å². The van der Waals surface area contributed by atoms with Crippen LogP contribution in [-0.4, -0.2) is 50.8 Å². The van der Waals surface area contributed by atoms with Crippen molar-refractivity contribution < 1.29 is 37.0 Å². The summed E-state index contributed by atoms with van der Waals surface area (Å²) in [6, 6.07) is 1.68. The van der Waals surface area contributed by atoms with E-state index >= 15 is 0 Å². The predicted molar refractivity (Wildman–Crippen MR) is 98.6 cm³/mol. The molecule has 2 aromatic rings. The van der Waals surface area contributed by atoms with Gasteiger partial charge in [0.15, 0.2) is 0 Å². The normalized spacial score (nSPS) is 15.5. The van der Waals surface area contributed by atoms with E-state index in [0.717, 1.165) is 12.1 Å². The van der Waals surface area contributed by atoms with Gasteiger partial charge < -0.3 is 15.1 Å². The van der Waals surface area contributed by atoms with Gasteiger partial charge in [-0.05, 0) is 30.2 Å². The molecule has 0 aromatic carbocycles. The molecule has 0 saturated carbocycles. The Balaban J connectivity index is 1.66. The first kappa shape index (κ1) is 22.6. The van der Waals surface area contributed by atoms with Gasteiger partial charge >= 0.3 is 12.2 Å². The number of nitrogens with zero attached hydrogens (tertiary/aromatic N) is 3. The summed E-state index contributed by atoms with van der Waals surface area (Å²) < 4.78 is 65.6. The molecule has 166 valence electrons. The Hall–Kier alpha value is -3.12. The van der Waals surface area contributed by atoms with E-state index in [1.807, 2.05) is 0 Å². The van der Waals surface area contributed by atoms with Crippen molar-refractivity contribution in [2.75, 3.05) is 25.0 Å². The smallest absolute Gasteiger partial charge is 0.393 e. The lowest BCUT2D eigenvalue weighted by Gasteiger charge is -2.26. The zero-order valence-corrected chi connectivity index (χ0v) is 15.8. The van der Waals surface area contributed by atoms with Gasteiger partial charge in [0.05, 0.1) is 6.61 Å². The maximum absolute atomic E-state index is 14.3. The summed E-state index contributed by atoms with van der Waals surface area (Å²) in [7, 11) is 0. The highest BCUT2D eigenvalue weighted by Crippen LogP contribution is 2.31. The quantitative estimate of drug-likeness (QED) is 0.497. The lowest BCUT2D eigenvalue weighted by Crippen LogP contribution is -2.38. The van der Waals surface area contributed by atoms with Gasteiger partial charge in [0.1, 0.15) is 29.0 Å². The van der Waals surface area contributed by atoms with Crippen molar-refractivity contribution in [3.8, 4) is 0 Å². The maximum Gasteiger partial charge on any atom is 0.420 e. The molecule has 3 rings (SSSR count). The number of hydrogen-bond acceptors (Lipinski definition) is 5. The molecule has 31 heavy (non-hydrogen) atoms. The topological polar surface area (TPSA) is 98.6 Å². The number of nitrogens with one attached hydrogen (secondary N) is 1. The van der Waals surface area contributed by atoms with Crippen LogP contribution >= 0.6 is 0 Å². The number of carbonyl (C=O) groups excluding carboxylic acids is 1. The summed E-state index contributed by atoms with van der Waals surface area (Å²) in [6.07, 6.45) is -3.12. The lowest BCUT2D eigenvalue weighted by molar-refractivity contribution is -0.140. The van der Waals surface area contributed by atoms with Gasteiger partial charge in [0.25, 0.3) is 0 Å². The lowest BCUT2D eigenvalue weighted by atomic mass is 10.0. The van der Waals surface area contributed by atoms with Crippen molar-refractivity contribution in [1.82, 2.24) is 14.9 Å². The van der Waals surface area contributed by atoms with Gasteiger partial charge in [0.2, 0.25) is 5.95 Å². The van der Waals surface area contributed by atoms with Crippen molar-refractivity contribution in [2.24, 2.45) is 0 Å². The number of alkyl halides is 3. The third-order valence-corrected chi connectivity index (χ3v) is 4.61. The van der Waals surface area contributed by atoms with Gasteiger partial charge in [-0.3, -0.25) is 10.3 Å². The average molecular weight is 444 g/mol. The van der Waals surface area contributed by atoms with E-state index in [4.69, 9.17) is 5.11 Å². The largest absolute Gasteiger partial charge is 0.420 e. The molecule has 0 radical (unpaired) electrons. The minimum atomic E-state index is -4.90. The van der Waals surface area contributed by atoms with Crippen molar-refractivity contribution >= 4 is 17.4 Å². The molecule has 12 heteroatoms. The van der Waals surface area contributed by atoms with Crippen molar-refractivity contribution in [1.29, 1.82) is 0 Å². The number of aliphatic hydroxyl groups is 2. The fourth-order valence-corrected chi connectivity index (χ4v) is 2.95. The predicted octanol–water partition coefficient (Wildman–Crippen LogP) is 3.12. The Morgan fingerprint density at radius 3 is 2.58 bits per heavy atom. The van der Waals surface area contributed by atoms with Gasteiger partial charge in [-0.15, -0.1) is 0 Å². The number of halogens is 5. The minimum absolute atomic E-state index is 0.0421. The third-order valence-electron chi connectivity index (χ3n) is 4.61. The van der Waals surface area contributed by atoms with Crippen molar-refractivity contribution in [2.45, 2.75) is 18.7 Å². The van der Waals surface area contributed by atoms with E-state index in [0.29, 0.717) is 11.6 Å². The molecule has 2 aromatic heterocycles. The van der Waals surface area contributed by atoms with Crippen LogP contribution in [0.15, 0.2) is 30.5 Å². The molecule has 0 fully saturated rings. The van der Waals surface area contributed by atoms with E-state index in [2.05, 4.69) is 15.3 Å². The first-order chi connectivity index (χ1) is 14.6. The monoisotopic (exact) mass is 444 g/mol. The van der Waals surface area contributed by atoms with Crippen LogP contribution in [0.3, 0.4) is 0 Å². The van der Waals surface area contributed by atoms with Crippen LogP contribution in [0, 0.1) is 11.8 Å². The number of urea groups is 1. The summed E-state index contributed by atoms with van der Waals surface area (Å²) in [4.78, 5) is 20.7. The second-order valence-corrected chi connectivity index (χ2v) is 6.69. The fourth-order valence-electron chi connectivity index (χ4n) is 2.95. The second-order valence-electron chi connectivity index (χ2n) is 6.69. The number of pyridine rings is 2. The molecule has 0 aliphatic carbocycles. The Kier molecular flexibility index (Phi) is 6.51. The number of anilines is 1. The highest BCUT2D eigenvalue weighted by Gasteiger charge is 2.35. The summed E-state index contributed by atoms with van der Waals surface area (Å²) in [6.45, 7) is -0.389. The average Bonchev–Trinajstić information content (AvgIpc) is 2.72. The highest BCUT2D eigenvalue weighted by molar-refractivity contribution is 5.89. The number of amides is 2. The Morgan fingerprint density at radius 1 is 1.29 bits per heavy atom. The number of carbonyl (C=O) groups is 1. The second kappa shape index (κ2) is 8.94. The standard InChI is InChI=1S/C19H17F5N4O3/c20-13-7-11(14(30)9-29)8-25-16(13)10-3-5-28(6-4-10)18(31)27-15-2-1-12(17(21)26-15)19(22,23)24/h1-3,7-8,14,29-30H,4-6,9H2,(H,26,27,31)/t14-/m1/s1. The van der Waals surface area contributed by atoms with Crippen molar-refractivity contribution in [3.05, 3.63) is 59.1 Å². The van der Waals surface area contributed by atoms with Crippen LogP contribution in [0.4, 0.5) is 32.6 Å². The molecule has 1 atom stereocenters. The Morgan fingerprint density at radius 2 is 2.03 bits per heavy atom. The van der Waals surface area contributed by atoms with E-state index < -0.39 is 42.2 Å². The molecule has 0 saturated heterocycles. The number of rotatable bonds is 4. The molecule has 3 N–H and O–H groups in total. The van der Waals surface area contributed by atoms with Crippen LogP contribution in [0.25, 0.3) is 5.57 Å². The molecular weight excluding hydrogens is 427 g/mol. The zero-order valence-electron chi connectivity index (χ0n) is 15.8. The third kappa shape index (κ3) is 5.14. The number of aliphatic hydroxyl groups excluding tert-OH is 2. The molecule has 0 bridgehead atoms. The molecule has 0 unspecified atom stereocenters. The minimum Gasteiger partial charge on any atom is -0.393 e. The summed E-state index contributed by atoms with van der Waals surface area (Å²) in [5.41, 5.74) is -0.855. The SMILES string of the molecule is O=C(Nc1ccc(C(F)(F)F)c(F)n1)N1CC=C(c2ncc([C@H](O)CO)cc2F)CC1. The highest BCUT2D eigenvalue weighted by atomic mass is 19.4. The van der Waals surface area contributed by atoms with Crippen LogP contribution in [0.1, 0.15) is 29.3 Å². The Bertz CT molecular complexity index is 1010.